The lowest BCUT2D eigenvalue weighted by Gasteiger charge is -2.19. The van der Waals surface area contributed by atoms with Gasteiger partial charge in [-0.3, -0.25) is 4.79 Å². The summed E-state index contributed by atoms with van der Waals surface area (Å²) in [5, 5.41) is 2.84. The molecule has 0 aliphatic rings. The summed E-state index contributed by atoms with van der Waals surface area (Å²) in [5.41, 5.74) is 6.19. The third-order valence-electron chi connectivity index (χ3n) is 2.48. The molecule has 0 saturated heterocycles. The van der Waals surface area contributed by atoms with Crippen LogP contribution in [-0.4, -0.2) is 23.5 Å². The van der Waals surface area contributed by atoms with E-state index in [1.54, 1.807) is 13.8 Å². The second-order valence-electron chi connectivity index (χ2n) is 4.21. The number of hydrogen-bond donors (Lipinski definition) is 2. The molecular weight excluding hydrogens is 206 g/mol. The first-order valence-corrected chi connectivity index (χ1v) is 5.40. The molecule has 1 rings (SSSR count). The summed E-state index contributed by atoms with van der Waals surface area (Å²) in [5.74, 6) is 0.814. The number of carbonyl (C=O) groups is 1. The number of nitrogens with two attached hydrogens (primary N) is 1. The van der Waals surface area contributed by atoms with E-state index in [1.807, 2.05) is 13.8 Å². The Balaban J connectivity index is 2.75. The molecule has 0 aliphatic carbocycles. The van der Waals surface area contributed by atoms with Crippen molar-refractivity contribution in [3.63, 3.8) is 0 Å². The van der Waals surface area contributed by atoms with Crippen molar-refractivity contribution >= 4 is 5.91 Å². The van der Waals surface area contributed by atoms with Gasteiger partial charge in [0, 0.05) is 19.5 Å². The van der Waals surface area contributed by atoms with Gasteiger partial charge >= 0.3 is 0 Å². The summed E-state index contributed by atoms with van der Waals surface area (Å²) in [7, 11) is 0. The van der Waals surface area contributed by atoms with Gasteiger partial charge in [-0.1, -0.05) is 13.8 Å². The molecule has 0 fully saturated rings. The summed E-state index contributed by atoms with van der Waals surface area (Å²) < 4.78 is 5.24. The number of amides is 1. The Morgan fingerprint density at radius 2 is 2.12 bits per heavy atom. The Morgan fingerprint density at radius 3 is 2.50 bits per heavy atom. The maximum absolute atomic E-state index is 11.9. The highest BCUT2D eigenvalue weighted by Gasteiger charge is 2.20. The molecule has 3 N–H and O–H groups in total. The largest absolute Gasteiger partial charge is 0.436 e. The Morgan fingerprint density at radius 1 is 1.50 bits per heavy atom. The van der Waals surface area contributed by atoms with Gasteiger partial charge in [-0.05, 0) is 12.8 Å². The predicted molar refractivity (Wildman–Crippen MR) is 61.1 cm³/mol. The maximum Gasteiger partial charge on any atom is 0.289 e. The Hall–Kier alpha value is -1.36. The number of nitrogens with zero attached hydrogens (tertiary/aromatic N) is 1. The van der Waals surface area contributed by atoms with Crippen molar-refractivity contribution in [3.8, 4) is 0 Å². The third-order valence-corrected chi connectivity index (χ3v) is 2.48. The highest BCUT2D eigenvalue weighted by atomic mass is 16.4. The number of aryl methyl sites for hydroxylation is 2. The normalized spacial score (nSPS) is 12.9. The van der Waals surface area contributed by atoms with E-state index in [9.17, 15) is 4.79 Å². The number of nitrogens with one attached hydrogen (secondary N) is 1. The second kappa shape index (κ2) is 5.12. The molecule has 1 amide bonds. The van der Waals surface area contributed by atoms with Crippen molar-refractivity contribution in [1.82, 2.24) is 10.3 Å². The van der Waals surface area contributed by atoms with Crippen LogP contribution < -0.4 is 11.1 Å². The molecule has 0 radical (unpaired) electrons. The molecule has 0 aliphatic heterocycles. The van der Waals surface area contributed by atoms with Crippen LogP contribution in [0.15, 0.2) is 4.42 Å². The number of carbonyl (C=O) groups excluding carboxylic acids is 1. The lowest BCUT2D eigenvalue weighted by molar-refractivity contribution is 0.0897. The molecule has 0 spiro atoms. The van der Waals surface area contributed by atoms with Gasteiger partial charge in [0.25, 0.3) is 5.91 Å². The van der Waals surface area contributed by atoms with E-state index in [0.29, 0.717) is 24.0 Å². The van der Waals surface area contributed by atoms with Crippen molar-refractivity contribution in [2.75, 3.05) is 6.54 Å². The standard InChI is InChI=1S/C11H19N3O2/c1-6(2)9(5-12)14-11(15)10-7(3)13-8(4)16-10/h6,9H,5,12H2,1-4H3,(H,14,15). The zero-order chi connectivity index (χ0) is 12.3. The molecule has 0 bridgehead atoms. The van der Waals surface area contributed by atoms with Gasteiger partial charge < -0.3 is 15.5 Å². The minimum atomic E-state index is -0.248. The van der Waals surface area contributed by atoms with Gasteiger partial charge in [-0.15, -0.1) is 0 Å². The molecule has 16 heavy (non-hydrogen) atoms. The van der Waals surface area contributed by atoms with E-state index in [4.69, 9.17) is 10.2 Å². The molecule has 1 aromatic heterocycles. The third kappa shape index (κ3) is 2.82. The van der Waals surface area contributed by atoms with Gasteiger partial charge in [0.1, 0.15) is 0 Å². The maximum atomic E-state index is 11.9. The Bertz CT molecular complexity index is 371. The fourth-order valence-electron chi connectivity index (χ4n) is 1.47. The van der Waals surface area contributed by atoms with Crippen LogP contribution in [-0.2, 0) is 0 Å². The molecule has 1 aromatic rings. The quantitative estimate of drug-likeness (QED) is 0.801. The summed E-state index contributed by atoms with van der Waals surface area (Å²) in [4.78, 5) is 15.9. The van der Waals surface area contributed by atoms with Crippen LogP contribution in [0.25, 0.3) is 0 Å². The molecule has 1 unspecified atom stereocenters. The topological polar surface area (TPSA) is 81.2 Å². The summed E-state index contributed by atoms with van der Waals surface area (Å²) in [6, 6.07) is -0.0442. The van der Waals surface area contributed by atoms with Crippen LogP contribution >= 0.6 is 0 Å². The van der Waals surface area contributed by atoms with E-state index < -0.39 is 0 Å². The SMILES string of the molecule is Cc1nc(C)c(C(=O)NC(CN)C(C)C)o1. The number of oxazole rings is 1. The van der Waals surface area contributed by atoms with E-state index in [0.717, 1.165) is 0 Å². The van der Waals surface area contributed by atoms with Gasteiger partial charge in [0.2, 0.25) is 5.76 Å². The smallest absolute Gasteiger partial charge is 0.289 e. The molecule has 0 saturated carbocycles. The van der Waals surface area contributed by atoms with Crippen molar-refractivity contribution < 1.29 is 9.21 Å². The van der Waals surface area contributed by atoms with Crippen molar-refractivity contribution in [2.24, 2.45) is 11.7 Å². The zero-order valence-corrected chi connectivity index (χ0v) is 10.2. The minimum absolute atomic E-state index is 0.0442. The first-order valence-electron chi connectivity index (χ1n) is 5.40. The molecule has 0 aromatic carbocycles. The Kier molecular flexibility index (Phi) is 4.06. The molecule has 5 heteroatoms. The average molecular weight is 225 g/mol. The van der Waals surface area contributed by atoms with Crippen molar-refractivity contribution in [3.05, 3.63) is 17.3 Å². The van der Waals surface area contributed by atoms with Gasteiger partial charge in [-0.25, -0.2) is 4.98 Å². The number of rotatable bonds is 4. The van der Waals surface area contributed by atoms with E-state index in [1.165, 1.54) is 0 Å². The number of hydrogen-bond acceptors (Lipinski definition) is 4. The average Bonchev–Trinajstić information content (AvgIpc) is 2.53. The predicted octanol–water partition coefficient (Wildman–Crippen LogP) is 1.00. The van der Waals surface area contributed by atoms with Gasteiger partial charge in [-0.2, -0.15) is 0 Å². The van der Waals surface area contributed by atoms with Gasteiger partial charge in [0.15, 0.2) is 5.89 Å². The highest BCUT2D eigenvalue weighted by Crippen LogP contribution is 2.10. The fraction of sp³-hybridized carbons (Fsp3) is 0.636. The lowest BCUT2D eigenvalue weighted by atomic mass is 10.0. The first kappa shape index (κ1) is 12.7. The summed E-state index contributed by atoms with van der Waals surface area (Å²) in [6.45, 7) is 7.90. The van der Waals surface area contributed by atoms with E-state index in [-0.39, 0.29) is 17.7 Å². The summed E-state index contributed by atoms with van der Waals surface area (Å²) in [6.07, 6.45) is 0. The lowest BCUT2D eigenvalue weighted by Crippen LogP contribution is -2.43. The van der Waals surface area contributed by atoms with Crippen molar-refractivity contribution in [1.29, 1.82) is 0 Å². The highest BCUT2D eigenvalue weighted by molar-refractivity contribution is 5.92. The van der Waals surface area contributed by atoms with Crippen LogP contribution in [0.5, 0.6) is 0 Å². The zero-order valence-electron chi connectivity index (χ0n) is 10.2. The van der Waals surface area contributed by atoms with Crippen LogP contribution in [0, 0.1) is 19.8 Å². The molecular formula is C11H19N3O2. The molecule has 1 heterocycles. The monoisotopic (exact) mass is 225 g/mol. The first-order chi connectivity index (χ1) is 7.45. The van der Waals surface area contributed by atoms with Crippen LogP contribution in [0.4, 0.5) is 0 Å². The number of aromatic nitrogens is 1. The van der Waals surface area contributed by atoms with Gasteiger partial charge in [0.05, 0.1) is 5.69 Å². The molecule has 5 nitrogen and oxygen atoms in total. The van der Waals surface area contributed by atoms with E-state index in [2.05, 4.69) is 10.3 Å². The Labute approximate surface area is 95.4 Å². The van der Waals surface area contributed by atoms with Crippen LogP contribution in [0.3, 0.4) is 0 Å². The van der Waals surface area contributed by atoms with Crippen LogP contribution in [0.1, 0.15) is 36.0 Å². The fourth-order valence-corrected chi connectivity index (χ4v) is 1.47. The van der Waals surface area contributed by atoms with E-state index >= 15 is 0 Å². The minimum Gasteiger partial charge on any atom is -0.436 e. The van der Waals surface area contributed by atoms with Crippen molar-refractivity contribution in [2.45, 2.75) is 33.7 Å². The second-order valence-corrected chi connectivity index (χ2v) is 4.21. The summed E-state index contributed by atoms with van der Waals surface area (Å²) >= 11 is 0. The molecule has 1 atom stereocenters. The molecule has 90 valence electrons. The van der Waals surface area contributed by atoms with Crippen LogP contribution in [0.2, 0.25) is 0 Å².